The van der Waals surface area contributed by atoms with Crippen LogP contribution in [0.4, 0.5) is 0 Å². The Labute approximate surface area is 158 Å². The van der Waals surface area contributed by atoms with Crippen LogP contribution in [0.5, 0.6) is 0 Å². The van der Waals surface area contributed by atoms with Crippen LogP contribution in [0.2, 0.25) is 0 Å². The van der Waals surface area contributed by atoms with Crippen molar-refractivity contribution < 1.29 is 14.6 Å². The lowest BCUT2D eigenvalue weighted by molar-refractivity contribution is -0.150. The number of carbonyl (C=O) groups is 1. The summed E-state index contributed by atoms with van der Waals surface area (Å²) >= 11 is 0. The molecule has 0 radical (unpaired) electrons. The van der Waals surface area contributed by atoms with E-state index >= 15 is 0 Å². The maximum absolute atomic E-state index is 10.4. The Kier molecular flexibility index (Phi) is 18.0. The Morgan fingerprint density at radius 2 is 1.31 bits per heavy atom. The van der Waals surface area contributed by atoms with Crippen LogP contribution in [0.3, 0.4) is 0 Å². The van der Waals surface area contributed by atoms with E-state index in [0.29, 0.717) is 6.61 Å². The zero-order valence-electron chi connectivity index (χ0n) is 16.1. The second-order valence-electron chi connectivity index (χ2n) is 5.83. The van der Waals surface area contributed by atoms with Gasteiger partial charge < -0.3 is 9.84 Å². The fourth-order valence-electron chi connectivity index (χ4n) is 2.01. The predicted octanol–water partition coefficient (Wildman–Crippen LogP) is 5.29. The average Bonchev–Trinajstić information content (AvgIpc) is 2.63. The van der Waals surface area contributed by atoms with Crippen LogP contribution in [0, 0.1) is 0 Å². The molecular formula is C22H35NO3. The number of hydrogen-bond donors (Lipinski definition) is 2. The van der Waals surface area contributed by atoms with Crippen molar-refractivity contribution in [1.82, 2.24) is 0 Å². The average molecular weight is 362 g/mol. The molecule has 3 N–H and O–H groups in total. The molecule has 4 heteroatoms. The first-order valence-corrected chi connectivity index (χ1v) is 9.53. The van der Waals surface area contributed by atoms with Gasteiger partial charge in [0.2, 0.25) is 6.23 Å². The van der Waals surface area contributed by atoms with E-state index in [1.807, 2.05) is 0 Å². The molecule has 0 spiro atoms. The number of unbranched alkanes of at least 4 members (excludes halogenated alkanes) is 2. The SMILES string of the molecule is CC/C=C\C/C=C\C/C=C\C/C=C\C/C=C\CCCCO[C@H](N)C(=O)O. The van der Waals surface area contributed by atoms with Crippen molar-refractivity contribution >= 4 is 5.97 Å². The molecule has 0 rings (SSSR count). The highest BCUT2D eigenvalue weighted by Gasteiger charge is 2.09. The second-order valence-corrected chi connectivity index (χ2v) is 5.83. The van der Waals surface area contributed by atoms with Crippen LogP contribution in [-0.2, 0) is 9.53 Å². The summed E-state index contributed by atoms with van der Waals surface area (Å²) in [4.78, 5) is 10.4. The van der Waals surface area contributed by atoms with Crippen LogP contribution in [0.15, 0.2) is 60.8 Å². The summed E-state index contributed by atoms with van der Waals surface area (Å²) < 4.78 is 4.96. The van der Waals surface area contributed by atoms with Crippen molar-refractivity contribution in [3.8, 4) is 0 Å². The van der Waals surface area contributed by atoms with Gasteiger partial charge in [0.15, 0.2) is 0 Å². The Hall–Kier alpha value is -1.91. The first kappa shape index (κ1) is 24.1. The van der Waals surface area contributed by atoms with Crippen molar-refractivity contribution in [1.29, 1.82) is 0 Å². The molecule has 0 aliphatic rings. The third kappa shape index (κ3) is 18.4. The highest BCUT2D eigenvalue weighted by Crippen LogP contribution is 2.00. The minimum atomic E-state index is -1.20. The summed E-state index contributed by atoms with van der Waals surface area (Å²) in [6.07, 6.45) is 28.4. The van der Waals surface area contributed by atoms with Gasteiger partial charge in [-0.05, 0) is 51.4 Å². The predicted molar refractivity (Wildman–Crippen MR) is 110 cm³/mol. The molecule has 0 amide bonds. The van der Waals surface area contributed by atoms with Crippen molar-refractivity contribution in [3.63, 3.8) is 0 Å². The zero-order valence-corrected chi connectivity index (χ0v) is 16.1. The topological polar surface area (TPSA) is 72.5 Å². The van der Waals surface area contributed by atoms with Gasteiger partial charge in [-0.25, -0.2) is 4.79 Å². The van der Waals surface area contributed by atoms with Gasteiger partial charge in [-0.15, -0.1) is 0 Å². The fraction of sp³-hybridized carbons (Fsp3) is 0.500. The van der Waals surface area contributed by atoms with Crippen molar-refractivity contribution in [2.75, 3.05) is 6.61 Å². The van der Waals surface area contributed by atoms with Crippen molar-refractivity contribution in [3.05, 3.63) is 60.8 Å². The van der Waals surface area contributed by atoms with Gasteiger partial charge in [-0.2, -0.15) is 0 Å². The molecule has 0 heterocycles. The molecule has 0 saturated heterocycles. The van der Waals surface area contributed by atoms with Gasteiger partial charge in [-0.3, -0.25) is 5.73 Å². The molecule has 4 nitrogen and oxygen atoms in total. The molecule has 0 unspecified atom stereocenters. The van der Waals surface area contributed by atoms with E-state index in [1.54, 1.807) is 0 Å². The number of hydrogen-bond acceptors (Lipinski definition) is 3. The Morgan fingerprint density at radius 1 is 0.846 bits per heavy atom. The lowest BCUT2D eigenvalue weighted by Gasteiger charge is -2.06. The molecule has 0 saturated carbocycles. The first-order chi connectivity index (χ1) is 12.7. The molecule has 0 aliphatic heterocycles. The molecule has 1 atom stereocenters. The number of allylic oxidation sites excluding steroid dienone is 10. The van der Waals surface area contributed by atoms with E-state index in [0.717, 1.165) is 51.4 Å². The molecule has 0 aromatic carbocycles. The standard InChI is InChI=1S/C22H35NO3/c1-2-3-4-5-6-7-8-9-10-11-12-13-14-15-16-17-18-19-20-26-21(23)22(24)25/h3-4,6-7,9-10,12-13,15-16,21H,2,5,8,11,14,17-20,23H2,1H3,(H,24,25)/b4-3-,7-6-,10-9-,13-12-,16-15-/t21-/m0/s1. The zero-order chi connectivity index (χ0) is 19.3. The molecule has 0 bridgehead atoms. The lowest BCUT2D eigenvalue weighted by Crippen LogP contribution is -2.33. The van der Waals surface area contributed by atoms with Gasteiger partial charge >= 0.3 is 5.97 Å². The highest BCUT2D eigenvalue weighted by atomic mass is 16.5. The third-order valence-corrected chi connectivity index (χ3v) is 3.46. The number of carboxylic acids is 1. The summed E-state index contributed by atoms with van der Waals surface area (Å²) in [5.74, 6) is -1.12. The number of carboxylic acid groups (broad SMARTS) is 1. The van der Waals surface area contributed by atoms with E-state index in [4.69, 9.17) is 15.6 Å². The summed E-state index contributed by atoms with van der Waals surface area (Å²) in [7, 11) is 0. The Balaban J connectivity index is 3.46. The third-order valence-electron chi connectivity index (χ3n) is 3.46. The second kappa shape index (κ2) is 19.4. The Bertz CT molecular complexity index is 476. The maximum Gasteiger partial charge on any atom is 0.347 e. The molecule has 0 fully saturated rings. The van der Waals surface area contributed by atoms with E-state index in [1.165, 1.54) is 0 Å². The van der Waals surface area contributed by atoms with E-state index in [2.05, 4.69) is 67.7 Å². The minimum Gasteiger partial charge on any atom is -0.478 e. The molecule has 0 aromatic heterocycles. The Morgan fingerprint density at radius 3 is 1.77 bits per heavy atom. The van der Waals surface area contributed by atoms with Crippen molar-refractivity contribution in [2.24, 2.45) is 5.73 Å². The van der Waals surface area contributed by atoms with Crippen LogP contribution in [-0.4, -0.2) is 23.9 Å². The molecular weight excluding hydrogens is 326 g/mol. The van der Waals surface area contributed by atoms with Crippen LogP contribution < -0.4 is 5.73 Å². The van der Waals surface area contributed by atoms with Gasteiger partial charge in [0.05, 0.1) is 0 Å². The van der Waals surface area contributed by atoms with Crippen LogP contribution >= 0.6 is 0 Å². The van der Waals surface area contributed by atoms with Gasteiger partial charge in [-0.1, -0.05) is 67.7 Å². The molecule has 0 aliphatic carbocycles. The molecule has 146 valence electrons. The smallest absolute Gasteiger partial charge is 0.347 e. The minimum absolute atomic E-state index is 0.387. The summed E-state index contributed by atoms with van der Waals surface area (Å²) in [6, 6.07) is 0. The fourth-order valence-corrected chi connectivity index (χ4v) is 2.01. The van der Waals surface area contributed by atoms with E-state index in [-0.39, 0.29) is 0 Å². The maximum atomic E-state index is 10.4. The normalized spacial score (nSPS) is 13.9. The monoisotopic (exact) mass is 361 g/mol. The number of ether oxygens (including phenoxy) is 1. The summed E-state index contributed by atoms with van der Waals surface area (Å²) in [5.41, 5.74) is 5.24. The van der Waals surface area contributed by atoms with Crippen LogP contribution in [0.25, 0.3) is 0 Å². The quantitative estimate of drug-likeness (QED) is 0.222. The van der Waals surface area contributed by atoms with E-state index in [9.17, 15) is 4.79 Å². The highest BCUT2D eigenvalue weighted by molar-refractivity contribution is 5.71. The van der Waals surface area contributed by atoms with Gasteiger partial charge in [0, 0.05) is 6.61 Å². The van der Waals surface area contributed by atoms with Gasteiger partial charge in [0.25, 0.3) is 0 Å². The molecule has 26 heavy (non-hydrogen) atoms. The number of nitrogens with two attached hydrogens (primary N) is 1. The number of aliphatic carboxylic acids is 1. The lowest BCUT2D eigenvalue weighted by atomic mass is 10.2. The first-order valence-electron chi connectivity index (χ1n) is 9.53. The van der Waals surface area contributed by atoms with Crippen LogP contribution in [0.1, 0.15) is 58.3 Å². The summed E-state index contributed by atoms with van der Waals surface area (Å²) in [5, 5.41) is 8.56. The largest absolute Gasteiger partial charge is 0.478 e. The number of rotatable bonds is 16. The van der Waals surface area contributed by atoms with E-state index < -0.39 is 12.2 Å². The summed E-state index contributed by atoms with van der Waals surface area (Å²) in [6.45, 7) is 2.53. The van der Waals surface area contributed by atoms with Gasteiger partial charge in [0.1, 0.15) is 0 Å². The van der Waals surface area contributed by atoms with Crippen molar-refractivity contribution in [2.45, 2.75) is 64.5 Å². The molecule has 0 aromatic rings.